The molecule has 0 atom stereocenters. The Labute approximate surface area is 190 Å². The van der Waals surface area contributed by atoms with Gasteiger partial charge in [-0.1, -0.05) is 50.3 Å². The Bertz CT molecular complexity index is 975. The number of anilines is 1. The molecule has 4 nitrogen and oxygen atoms in total. The van der Waals surface area contributed by atoms with E-state index in [1.54, 1.807) is 19.1 Å². The van der Waals surface area contributed by atoms with Gasteiger partial charge < -0.3 is 14.0 Å². The van der Waals surface area contributed by atoms with Gasteiger partial charge in [-0.15, -0.1) is 0 Å². The van der Waals surface area contributed by atoms with Crippen LogP contribution in [-0.2, 0) is 16.9 Å². The van der Waals surface area contributed by atoms with Gasteiger partial charge in [0.15, 0.2) is 0 Å². The second kappa shape index (κ2) is 10.1. The highest BCUT2D eigenvalue weighted by Gasteiger charge is 2.28. The van der Waals surface area contributed by atoms with E-state index in [1.165, 1.54) is 55.4 Å². The normalized spacial score (nSPS) is 16.2. The minimum absolute atomic E-state index is 0.424. The van der Waals surface area contributed by atoms with Crippen LogP contribution >= 0.6 is 11.9 Å². The predicted molar refractivity (Wildman–Crippen MR) is 131 cm³/mol. The standard InChI is InChI=1S/C26H35N3OS/c1-26(2,30-3)25-27-23-18-21(28-31-22-14-10-7-11-15-22)16-17-24(23)29(25)19-20-12-8-5-4-6-9-13-20/h7,10-11,14-18,20,28H,4-6,8-9,12-13,19H2,1-3H3. The Morgan fingerprint density at radius 2 is 1.74 bits per heavy atom. The third-order valence-corrected chi connectivity index (χ3v) is 7.34. The minimum atomic E-state index is -0.424. The molecule has 1 fully saturated rings. The molecule has 4 rings (SSSR count). The SMILES string of the molecule is COC(C)(C)c1nc2cc(NSc3ccccc3)ccc2n1CC1CCCCCCC1. The fraction of sp³-hybridized carbons (Fsp3) is 0.500. The van der Waals surface area contributed by atoms with Crippen molar-refractivity contribution in [2.45, 2.75) is 75.8 Å². The molecule has 0 spiro atoms. The zero-order valence-electron chi connectivity index (χ0n) is 19.1. The number of imidazole rings is 1. The van der Waals surface area contributed by atoms with Crippen molar-refractivity contribution in [3.8, 4) is 0 Å². The van der Waals surface area contributed by atoms with Crippen LogP contribution < -0.4 is 4.72 Å². The van der Waals surface area contributed by atoms with Crippen LogP contribution in [0.5, 0.6) is 0 Å². The summed E-state index contributed by atoms with van der Waals surface area (Å²) < 4.78 is 11.8. The van der Waals surface area contributed by atoms with Crippen molar-refractivity contribution in [1.82, 2.24) is 9.55 Å². The number of aromatic nitrogens is 2. The van der Waals surface area contributed by atoms with E-state index in [-0.39, 0.29) is 0 Å². The topological polar surface area (TPSA) is 39.1 Å². The van der Waals surface area contributed by atoms with Crippen molar-refractivity contribution >= 4 is 28.7 Å². The van der Waals surface area contributed by atoms with Gasteiger partial charge in [-0.2, -0.15) is 0 Å². The molecule has 0 radical (unpaired) electrons. The van der Waals surface area contributed by atoms with E-state index in [2.05, 4.69) is 65.6 Å². The highest BCUT2D eigenvalue weighted by Crippen LogP contribution is 2.33. The van der Waals surface area contributed by atoms with Crippen molar-refractivity contribution < 1.29 is 4.74 Å². The summed E-state index contributed by atoms with van der Waals surface area (Å²) in [5.74, 6) is 1.75. The number of hydrogen-bond donors (Lipinski definition) is 1. The van der Waals surface area contributed by atoms with Gasteiger partial charge >= 0.3 is 0 Å². The first kappa shape index (κ1) is 22.2. The summed E-state index contributed by atoms with van der Waals surface area (Å²) in [4.78, 5) is 6.26. The molecular weight excluding hydrogens is 402 g/mol. The number of nitrogens with zero attached hydrogens (tertiary/aromatic N) is 2. The minimum Gasteiger partial charge on any atom is -0.371 e. The molecule has 31 heavy (non-hydrogen) atoms. The van der Waals surface area contributed by atoms with Gasteiger partial charge in [-0.05, 0) is 74.9 Å². The fourth-order valence-corrected chi connectivity index (χ4v) is 5.17. The number of nitrogens with one attached hydrogen (secondary N) is 1. The van der Waals surface area contributed by atoms with Gasteiger partial charge in [-0.25, -0.2) is 4.98 Å². The highest BCUT2D eigenvalue weighted by molar-refractivity contribution is 8.00. The average molecular weight is 438 g/mol. The van der Waals surface area contributed by atoms with Crippen LogP contribution in [0.15, 0.2) is 53.4 Å². The molecule has 0 aliphatic heterocycles. The lowest BCUT2D eigenvalue weighted by Crippen LogP contribution is -2.26. The summed E-state index contributed by atoms with van der Waals surface area (Å²) in [5.41, 5.74) is 2.88. The molecule has 1 aromatic heterocycles. The number of benzene rings is 2. The van der Waals surface area contributed by atoms with Crippen LogP contribution in [0.4, 0.5) is 5.69 Å². The Morgan fingerprint density at radius 1 is 1.03 bits per heavy atom. The molecular formula is C26H35N3OS. The molecule has 3 aromatic rings. The molecule has 0 amide bonds. The second-order valence-corrected chi connectivity index (χ2v) is 10.1. The average Bonchev–Trinajstić information content (AvgIpc) is 3.13. The van der Waals surface area contributed by atoms with Crippen LogP contribution in [0.2, 0.25) is 0 Å². The van der Waals surface area contributed by atoms with Crippen molar-refractivity contribution in [2.24, 2.45) is 5.92 Å². The van der Waals surface area contributed by atoms with Gasteiger partial charge in [0.05, 0.1) is 11.0 Å². The molecule has 1 heterocycles. The quantitative estimate of drug-likeness (QED) is 0.391. The molecule has 0 bridgehead atoms. The number of ether oxygens (including phenoxy) is 1. The lowest BCUT2D eigenvalue weighted by atomic mass is 9.91. The highest BCUT2D eigenvalue weighted by atomic mass is 32.2. The summed E-state index contributed by atoms with van der Waals surface area (Å²) in [5, 5.41) is 0. The van der Waals surface area contributed by atoms with Crippen LogP contribution in [0.1, 0.15) is 64.6 Å². The van der Waals surface area contributed by atoms with E-state index in [0.717, 1.165) is 29.5 Å². The molecule has 0 saturated heterocycles. The zero-order chi connectivity index (χ0) is 21.7. The maximum absolute atomic E-state index is 5.86. The number of hydrogen-bond acceptors (Lipinski definition) is 4. The second-order valence-electron chi connectivity index (χ2n) is 9.19. The van der Waals surface area contributed by atoms with Gasteiger partial charge in [0.1, 0.15) is 11.4 Å². The van der Waals surface area contributed by atoms with Crippen molar-refractivity contribution in [3.05, 3.63) is 54.4 Å². The Balaban J connectivity index is 1.61. The van der Waals surface area contributed by atoms with E-state index in [4.69, 9.17) is 9.72 Å². The van der Waals surface area contributed by atoms with Crippen molar-refractivity contribution in [2.75, 3.05) is 11.8 Å². The molecule has 5 heteroatoms. The molecule has 1 aliphatic carbocycles. The maximum Gasteiger partial charge on any atom is 0.141 e. The van der Waals surface area contributed by atoms with E-state index >= 15 is 0 Å². The first-order valence-electron chi connectivity index (χ1n) is 11.6. The van der Waals surface area contributed by atoms with Crippen LogP contribution in [0.25, 0.3) is 11.0 Å². The van der Waals surface area contributed by atoms with E-state index in [9.17, 15) is 0 Å². The van der Waals surface area contributed by atoms with Gasteiger partial charge in [0.2, 0.25) is 0 Å². The molecule has 1 saturated carbocycles. The van der Waals surface area contributed by atoms with Crippen LogP contribution in [0.3, 0.4) is 0 Å². The molecule has 1 aliphatic rings. The lowest BCUT2D eigenvalue weighted by molar-refractivity contribution is 0.00824. The van der Waals surface area contributed by atoms with Gasteiger partial charge in [0, 0.05) is 24.2 Å². The third-order valence-electron chi connectivity index (χ3n) is 6.49. The summed E-state index contributed by atoms with van der Waals surface area (Å²) >= 11 is 1.63. The van der Waals surface area contributed by atoms with E-state index in [1.807, 2.05) is 6.07 Å². The van der Waals surface area contributed by atoms with Crippen LogP contribution in [0, 0.1) is 5.92 Å². The first-order valence-corrected chi connectivity index (χ1v) is 12.4. The summed E-state index contributed by atoms with van der Waals surface area (Å²) in [6.07, 6.45) is 9.51. The monoisotopic (exact) mass is 437 g/mol. The van der Waals surface area contributed by atoms with E-state index < -0.39 is 5.60 Å². The zero-order valence-corrected chi connectivity index (χ0v) is 19.9. The van der Waals surface area contributed by atoms with E-state index in [0.29, 0.717) is 0 Å². The predicted octanol–water partition coefficient (Wildman–Crippen LogP) is 7.40. The van der Waals surface area contributed by atoms with Crippen LogP contribution in [-0.4, -0.2) is 16.7 Å². The fourth-order valence-electron chi connectivity index (χ4n) is 4.52. The smallest absolute Gasteiger partial charge is 0.141 e. The number of rotatable bonds is 7. The molecule has 166 valence electrons. The number of methoxy groups -OCH3 is 1. The summed E-state index contributed by atoms with van der Waals surface area (Å²) in [6.45, 7) is 5.27. The molecule has 1 N–H and O–H groups in total. The summed E-state index contributed by atoms with van der Waals surface area (Å²) in [6, 6.07) is 16.9. The maximum atomic E-state index is 5.86. The van der Waals surface area contributed by atoms with Gasteiger partial charge in [0.25, 0.3) is 0 Å². The summed E-state index contributed by atoms with van der Waals surface area (Å²) in [7, 11) is 1.78. The Morgan fingerprint density at radius 3 is 2.45 bits per heavy atom. The largest absolute Gasteiger partial charge is 0.371 e. The van der Waals surface area contributed by atoms with Crippen molar-refractivity contribution in [1.29, 1.82) is 0 Å². The lowest BCUT2D eigenvalue weighted by Gasteiger charge is -2.27. The third kappa shape index (κ3) is 5.45. The first-order chi connectivity index (χ1) is 15.1. The van der Waals surface area contributed by atoms with Crippen molar-refractivity contribution in [3.63, 3.8) is 0 Å². The molecule has 2 aromatic carbocycles. The van der Waals surface area contributed by atoms with Gasteiger partial charge in [-0.3, -0.25) is 0 Å². The molecule has 0 unspecified atom stereocenters. The Kier molecular flexibility index (Phi) is 7.24. The Hall–Kier alpha value is -1.98. The number of fused-ring (bicyclic) bond motifs is 1.